The first-order chi connectivity index (χ1) is 12.3. The van der Waals surface area contributed by atoms with Gasteiger partial charge >= 0.3 is 0 Å². The van der Waals surface area contributed by atoms with Crippen molar-refractivity contribution in [2.45, 2.75) is 39.2 Å². The third-order valence-corrected chi connectivity index (χ3v) is 6.51. The summed E-state index contributed by atoms with van der Waals surface area (Å²) in [5.41, 5.74) is 2.05. The minimum absolute atomic E-state index is 0.109. The second-order valence-corrected chi connectivity index (χ2v) is 9.93. The van der Waals surface area contributed by atoms with Gasteiger partial charge in [-0.25, -0.2) is 4.98 Å². The SMILES string of the molecule is CC(C)(C)c1nc(CN2CCCN(C(=O)c3cccc(I)c3)CC2)cs1. The van der Waals surface area contributed by atoms with Crippen LogP contribution in [-0.4, -0.2) is 46.9 Å². The first kappa shape index (κ1) is 19.8. The average Bonchev–Trinajstić information content (AvgIpc) is 2.94. The molecule has 0 saturated carbocycles. The summed E-state index contributed by atoms with van der Waals surface area (Å²) in [5.74, 6) is 0.147. The number of rotatable bonds is 3. The Balaban J connectivity index is 1.60. The molecule has 1 aliphatic rings. The number of carbonyl (C=O) groups excluding carboxylic acids is 1. The van der Waals surface area contributed by atoms with Crippen molar-refractivity contribution in [2.24, 2.45) is 0 Å². The van der Waals surface area contributed by atoms with Gasteiger partial charge in [0, 0.05) is 52.7 Å². The molecule has 1 aromatic carbocycles. The Kier molecular flexibility index (Phi) is 6.35. The van der Waals surface area contributed by atoms with Crippen molar-refractivity contribution in [3.05, 3.63) is 49.5 Å². The van der Waals surface area contributed by atoms with E-state index < -0.39 is 0 Å². The molecule has 140 valence electrons. The first-order valence-corrected chi connectivity index (χ1v) is 11.0. The Morgan fingerprint density at radius 3 is 2.73 bits per heavy atom. The van der Waals surface area contributed by atoms with Crippen LogP contribution in [-0.2, 0) is 12.0 Å². The molecule has 0 bridgehead atoms. The molecule has 0 unspecified atom stereocenters. The molecule has 1 fully saturated rings. The van der Waals surface area contributed by atoms with Crippen molar-refractivity contribution in [2.75, 3.05) is 26.2 Å². The van der Waals surface area contributed by atoms with Gasteiger partial charge in [0.1, 0.15) is 0 Å². The summed E-state index contributed by atoms with van der Waals surface area (Å²) in [4.78, 5) is 22.0. The number of hydrogen-bond donors (Lipinski definition) is 0. The predicted octanol–water partition coefficient (Wildman–Crippen LogP) is 4.39. The van der Waals surface area contributed by atoms with E-state index in [1.54, 1.807) is 11.3 Å². The molecule has 0 atom stereocenters. The summed E-state index contributed by atoms with van der Waals surface area (Å²) in [6.07, 6.45) is 1.01. The lowest BCUT2D eigenvalue weighted by Crippen LogP contribution is -2.35. The van der Waals surface area contributed by atoms with Crippen LogP contribution in [0, 0.1) is 3.57 Å². The van der Waals surface area contributed by atoms with Gasteiger partial charge in [0.05, 0.1) is 10.7 Å². The van der Waals surface area contributed by atoms with Gasteiger partial charge in [0.25, 0.3) is 5.91 Å². The van der Waals surface area contributed by atoms with Gasteiger partial charge in [-0.05, 0) is 47.2 Å². The van der Waals surface area contributed by atoms with Crippen LogP contribution in [0.2, 0.25) is 0 Å². The summed E-state index contributed by atoms with van der Waals surface area (Å²) >= 11 is 4.01. The molecule has 1 aromatic heterocycles. The van der Waals surface area contributed by atoms with Gasteiger partial charge in [-0.1, -0.05) is 26.8 Å². The minimum Gasteiger partial charge on any atom is -0.337 e. The predicted molar refractivity (Wildman–Crippen MR) is 116 cm³/mol. The van der Waals surface area contributed by atoms with Crippen LogP contribution in [0.5, 0.6) is 0 Å². The Morgan fingerprint density at radius 1 is 1.23 bits per heavy atom. The third-order valence-electron chi connectivity index (χ3n) is 4.53. The van der Waals surface area contributed by atoms with Gasteiger partial charge in [0.2, 0.25) is 0 Å². The first-order valence-electron chi connectivity index (χ1n) is 9.05. The highest BCUT2D eigenvalue weighted by Crippen LogP contribution is 2.26. The van der Waals surface area contributed by atoms with Gasteiger partial charge in [-0.2, -0.15) is 0 Å². The van der Waals surface area contributed by atoms with E-state index in [-0.39, 0.29) is 11.3 Å². The highest BCUT2D eigenvalue weighted by Gasteiger charge is 2.22. The molecule has 6 heteroatoms. The maximum Gasteiger partial charge on any atom is 0.253 e. The van der Waals surface area contributed by atoms with E-state index >= 15 is 0 Å². The second-order valence-electron chi connectivity index (χ2n) is 7.83. The zero-order valence-corrected chi connectivity index (χ0v) is 18.6. The van der Waals surface area contributed by atoms with E-state index in [1.807, 2.05) is 29.2 Å². The Morgan fingerprint density at radius 2 is 2.04 bits per heavy atom. The van der Waals surface area contributed by atoms with E-state index in [0.29, 0.717) is 0 Å². The lowest BCUT2D eigenvalue weighted by Gasteiger charge is -2.22. The summed E-state index contributed by atoms with van der Waals surface area (Å²) in [7, 11) is 0. The monoisotopic (exact) mass is 483 g/mol. The molecule has 2 aromatic rings. The Hall–Kier alpha value is -0.990. The largest absolute Gasteiger partial charge is 0.337 e. The van der Waals surface area contributed by atoms with Crippen LogP contribution >= 0.6 is 33.9 Å². The smallest absolute Gasteiger partial charge is 0.253 e. The summed E-state index contributed by atoms with van der Waals surface area (Å²) in [6, 6.07) is 7.85. The number of aromatic nitrogens is 1. The number of thiazole rings is 1. The fourth-order valence-electron chi connectivity index (χ4n) is 3.09. The molecular formula is C20H26IN3OS. The lowest BCUT2D eigenvalue weighted by atomic mass is 9.98. The van der Waals surface area contributed by atoms with E-state index in [4.69, 9.17) is 4.98 Å². The van der Waals surface area contributed by atoms with Crippen molar-refractivity contribution in [1.29, 1.82) is 0 Å². The number of benzene rings is 1. The number of nitrogens with zero attached hydrogens (tertiary/aromatic N) is 3. The topological polar surface area (TPSA) is 36.4 Å². The Bertz CT molecular complexity index is 768. The number of hydrogen-bond acceptors (Lipinski definition) is 4. The number of carbonyl (C=O) groups is 1. The molecule has 0 radical (unpaired) electrons. The van der Waals surface area contributed by atoms with Crippen molar-refractivity contribution >= 4 is 39.8 Å². The van der Waals surface area contributed by atoms with Crippen LogP contribution in [0.15, 0.2) is 29.6 Å². The van der Waals surface area contributed by atoms with Gasteiger partial charge in [0.15, 0.2) is 0 Å². The van der Waals surface area contributed by atoms with Crippen molar-refractivity contribution < 1.29 is 4.79 Å². The zero-order chi connectivity index (χ0) is 18.7. The maximum atomic E-state index is 12.8. The molecule has 26 heavy (non-hydrogen) atoms. The van der Waals surface area contributed by atoms with Crippen LogP contribution in [0.3, 0.4) is 0 Å². The number of halogens is 1. The highest BCUT2D eigenvalue weighted by molar-refractivity contribution is 14.1. The van der Waals surface area contributed by atoms with Crippen LogP contribution in [0.1, 0.15) is 48.3 Å². The summed E-state index contributed by atoms with van der Waals surface area (Å²) in [5, 5.41) is 3.37. The quantitative estimate of drug-likeness (QED) is 0.608. The molecule has 0 N–H and O–H groups in total. The van der Waals surface area contributed by atoms with Crippen molar-refractivity contribution in [1.82, 2.24) is 14.8 Å². The fraction of sp³-hybridized carbons (Fsp3) is 0.500. The van der Waals surface area contributed by atoms with Gasteiger partial charge in [-0.3, -0.25) is 9.69 Å². The standard InChI is InChI=1S/C20H26IN3OS/c1-20(2,3)19-22-17(14-26-19)13-23-8-5-9-24(11-10-23)18(25)15-6-4-7-16(21)12-15/h4,6-7,12,14H,5,8-11,13H2,1-3H3. The van der Waals surface area contributed by atoms with E-state index in [9.17, 15) is 4.79 Å². The van der Waals surface area contributed by atoms with E-state index in [2.05, 4.69) is 53.6 Å². The Labute approximate surface area is 173 Å². The van der Waals surface area contributed by atoms with Gasteiger partial charge < -0.3 is 4.90 Å². The molecule has 1 aliphatic heterocycles. The minimum atomic E-state index is 0.109. The number of amides is 1. The summed E-state index contributed by atoms with van der Waals surface area (Å²) < 4.78 is 1.10. The molecule has 1 amide bonds. The van der Waals surface area contributed by atoms with Crippen LogP contribution < -0.4 is 0 Å². The van der Waals surface area contributed by atoms with Crippen molar-refractivity contribution in [3.8, 4) is 0 Å². The fourth-order valence-corrected chi connectivity index (χ4v) is 4.53. The van der Waals surface area contributed by atoms with E-state index in [0.717, 1.165) is 54.0 Å². The molecule has 2 heterocycles. The highest BCUT2D eigenvalue weighted by atomic mass is 127. The average molecular weight is 483 g/mol. The normalized spacial score (nSPS) is 16.5. The van der Waals surface area contributed by atoms with Crippen LogP contribution in [0.4, 0.5) is 0 Å². The molecular weight excluding hydrogens is 457 g/mol. The molecule has 4 nitrogen and oxygen atoms in total. The summed E-state index contributed by atoms with van der Waals surface area (Å²) in [6.45, 7) is 11.0. The van der Waals surface area contributed by atoms with Crippen molar-refractivity contribution in [3.63, 3.8) is 0 Å². The second kappa shape index (κ2) is 8.35. The van der Waals surface area contributed by atoms with E-state index in [1.165, 1.54) is 5.01 Å². The third kappa shape index (κ3) is 5.04. The molecule has 0 aliphatic carbocycles. The van der Waals surface area contributed by atoms with Crippen LogP contribution in [0.25, 0.3) is 0 Å². The van der Waals surface area contributed by atoms with Gasteiger partial charge in [-0.15, -0.1) is 11.3 Å². The molecule has 1 saturated heterocycles. The maximum absolute atomic E-state index is 12.8. The lowest BCUT2D eigenvalue weighted by molar-refractivity contribution is 0.0761. The molecule has 0 spiro atoms. The molecule has 3 rings (SSSR count). The zero-order valence-electron chi connectivity index (χ0n) is 15.7.